The lowest BCUT2D eigenvalue weighted by atomic mass is 10.2. The third kappa shape index (κ3) is 2.96. The number of nitrogens with zero attached hydrogens (tertiary/aromatic N) is 1. The Morgan fingerprint density at radius 1 is 1.36 bits per heavy atom. The summed E-state index contributed by atoms with van der Waals surface area (Å²) < 4.78 is 0. The summed E-state index contributed by atoms with van der Waals surface area (Å²) in [5.74, 6) is 0. The van der Waals surface area contributed by atoms with Crippen molar-refractivity contribution in [3.05, 3.63) is 36.2 Å². The van der Waals surface area contributed by atoms with Gasteiger partial charge in [0.15, 0.2) is 0 Å². The first kappa shape index (κ1) is 7.95. The zero-order chi connectivity index (χ0) is 7.94. The van der Waals surface area contributed by atoms with Crippen molar-refractivity contribution in [2.75, 3.05) is 6.61 Å². The number of hydrogen-bond acceptors (Lipinski definition) is 2. The fourth-order valence-corrected chi connectivity index (χ4v) is 0.769. The minimum Gasteiger partial charge on any atom is -0.396 e. The monoisotopic (exact) mass is 149 g/mol. The molecule has 0 saturated carbocycles. The first-order valence-corrected chi connectivity index (χ1v) is 3.61. The van der Waals surface area contributed by atoms with Gasteiger partial charge >= 0.3 is 0 Å². The van der Waals surface area contributed by atoms with E-state index < -0.39 is 0 Å². The van der Waals surface area contributed by atoms with Gasteiger partial charge in [-0.05, 0) is 24.1 Å². The number of pyridine rings is 1. The maximum atomic E-state index is 8.48. The maximum Gasteiger partial charge on any atom is 0.0465 e. The Morgan fingerprint density at radius 2 is 2.09 bits per heavy atom. The fraction of sp³-hybridized carbons (Fsp3) is 0.222. The summed E-state index contributed by atoms with van der Waals surface area (Å²) in [6, 6.07) is 3.85. The van der Waals surface area contributed by atoms with Gasteiger partial charge in [0.05, 0.1) is 0 Å². The van der Waals surface area contributed by atoms with Crippen LogP contribution in [-0.2, 0) is 0 Å². The second-order valence-corrected chi connectivity index (χ2v) is 2.20. The molecule has 0 radical (unpaired) electrons. The normalized spacial score (nSPS) is 10.6. The van der Waals surface area contributed by atoms with E-state index in [4.69, 9.17) is 5.11 Å². The molecule has 0 aliphatic carbocycles. The smallest absolute Gasteiger partial charge is 0.0465 e. The van der Waals surface area contributed by atoms with E-state index in [1.807, 2.05) is 24.3 Å². The molecule has 11 heavy (non-hydrogen) atoms. The minimum absolute atomic E-state index is 0.210. The molecular formula is C9H11NO. The summed E-state index contributed by atoms with van der Waals surface area (Å²) in [5.41, 5.74) is 1.12. The molecule has 0 amide bonds. The third-order valence-electron chi connectivity index (χ3n) is 1.31. The Balaban J connectivity index is 2.50. The Kier molecular flexibility index (Phi) is 3.35. The summed E-state index contributed by atoms with van der Waals surface area (Å²) in [7, 11) is 0. The van der Waals surface area contributed by atoms with Crippen LogP contribution in [0.5, 0.6) is 0 Å². The van der Waals surface area contributed by atoms with Crippen LogP contribution in [0.4, 0.5) is 0 Å². The van der Waals surface area contributed by atoms with Crippen molar-refractivity contribution in [3.8, 4) is 0 Å². The quantitative estimate of drug-likeness (QED) is 0.706. The highest BCUT2D eigenvalue weighted by atomic mass is 16.2. The Labute approximate surface area is 66.2 Å². The van der Waals surface area contributed by atoms with E-state index in [0.29, 0.717) is 6.42 Å². The summed E-state index contributed by atoms with van der Waals surface area (Å²) in [6.45, 7) is 0.210. The molecular weight excluding hydrogens is 138 g/mol. The molecule has 0 saturated heterocycles. The Hall–Kier alpha value is -1.15. The Morgan fingerprint density at radius 3 is 2.73 bits per heavy atom. The molecule has 0 unspecified atom stereocenters. The Bertz CT molecular complexity index is 218. The van der Waals surface area contributed by atoms with Crippen molar-refractivity contribution in [2.45, 2.75) is 6.42 Å². The molecule has 1 aromatic heterocycles. The highest BCUT2D eigenvalue weighted by Crippen LogP contribution is 1.99. The molecule has 1 heterocycles. The molecule has 0 spiro atoms. The first-order chi connectivity index (χ1) is 5.43. The van der Waals surface area contributed by atoms with Gasteiger partial charge in [0.1, 0.15) is 0 Å². The molecule has 2 heteroatoms. The van der Waals surface area contributed by atoms with E-state index in [0.717, 1.165) is 5.56 Å². The van der Waals surface area contributed by atoms with Crippen LogP contribution in [0.25, 0.3) is 6.08 Å². The number of aliphatic hydroxyl groups is 1. The van der Waals surface area contributed by atoms with Gasteiger partial charge in [-0.1, -0.05) is 12.2 Å². The number of rotatable bonds is 3. The van der Waals surface area contributed by atoms with E-state index in [1.165, 1.54) is 0 Å². The zero-order valence-corrected chi connectivity index (χ0v) is 6.27. The van der Waals surface area contributed by atoms with Crippen LogP contribution in [-0.4, -0.2) is 16.7 Å². The molecule has 0 atom stereocenters. The van der Waals surface area contributed by atoms with Crippen molar-refractivity contribution in [1.29, 1.82) is 0 Å². The molecule has 0 bridgehead atoms. The average molecular weight is 149 g/mol. The molecule has 0 fully saturated rings. The van der Waals surface area contributed by atoms with Gasteiger partial charge in [0.25, 0.3) is 0 Å². The third-order valence-corrected chi connectivity index (χ3v) is 1.31. The van der Waals surface area contributed by atoms with E-state index in [9.17, 15) is 0 Å². The van der Waals surface area contributed by atoms with Crippen molar-refractivity contribution >= 4 is 6.08 Å². The number of aromatic nitrogens is 1. The van der Waals surface area contributed by atoms with Crippen LogP contribution in [0.2, 0.25) is 0 Å². The van der Waals surface area contributed by atoms with Gasteiger partial charge in [-0.3, -0.25) is 4.98 Å². The highest BCUT2D eigenvalue weighted by Gasteiger charge is 1.81. The van der Waals surface area contributed by atoms with Crippen molar-refractivity contribution in [3.63, 3.8) is 0 Å². The predicted octanol–water partition coefficient (Wildman–Crippen LogP) is 1.48. The molecule has 2 nitrogen and oxygen atoms in total. The van der Waals surface area contributed by atoms with E-state index in [1.54, 1.807) is 12.4 Å². The second kappa shape index (κ2) is 4.63. The van der Waals surface area contributed by atoms with Crippen LogP contribution in [0.3, 0.4) is 0 Å². The molecule has 58 valence electrons. The second-order valence-electron chi connectivity index (χ2n) is 2.20. The molecule has 1 N–H and O–H groups in total. The standard InChI is InChI=1S/C9H11NO/c11-8-2-1-3-9-4-6-10-7-5-9/h1,3-7,11H,2,8H2. The van der Waals surface area contributed by atoms with Crippen LogP contribution in [0, 0.1) is 0 Å². The van der Waals surface area contributed by atoms with Crippen molar-refractivity contribution in [2.24, 2.45) is 0 Å². The van der Waals surface area contributed by atoms with Crippen LogP contribution >= 0.6 is 0 Å². The summed E-state index contributed by atoms with van der Waals surface area (Å²) in [6.07, 6.45) is 8.12. The molecule has 1 aromatic rings. The van der Waals surface area contributed by atoms with Gasteiger partial charge in [-0.2, -0.15) is 0 Å². The molecule has 0 aromatic carbocycles. The van der Waals surface area contributed by atoms with Gasteiger partial charge in [0.2, 0.25) is 0 Å². The lowest BCUT2D eigenvalue weighted by Crippen LogP contribution is -1.76. The van der Waals surface area contributed by atoms with Gasteiger partial charge in [-0.25, -0.2) is 0 Å². The van der Waals surface area contributed by atoms with E-state index in [2.05, 4.69) is 4.98 Å². The van der Waals surface area contributed by atoms with Crippen molar-refractivity contribution in [1.82, 2.24) is 4.98 Å². The minimum atomic E-state index is 0.210. The zero-order valence-electron chi connectivity index (χ0n) is 6.27. The largest absolute Gasteiger partial charge is 0.396 e. The topological polar surface area (TPSA) is 33.1 Å². The first-order valence-electron chi connectivity index (χ1n) is 3.61. The van der Waals surface area contributed by atoms with Gasteiger partial charge < -0.3 is 5.11 Å². The van der Waals surface area contributed by atoms with E-state index in [-0.39, 0.29) is 6.61 Å². The summed E-state index contributed by atoms with van der Waals surface area (Å²) >= 11 is 0. The van der Waals surface area contributed by atoms with Gasteiger partial charge in [-0.15, -0.1) is 0 Å². The maximum absolute atomic E-state index is 8.48. The van der Waals surface area contributed by atoms with Crippen LogP contribution < -0.4 is 0 Å². The fourth-order valence-electron chi connectivity index (χ4n) is 0.769. The van der Waals surface area contributed by atoms with Crippen LogP contribution in [0.1, 0.15) is 12.0 Å². The number of aliphatic hydroxyl groups excluding tert-OH is 1. The molecule has 1 rings (SSSR count). The lowest BCUT2D eigenvalue weighted by molar-refractivity contribution is 0.303. The van der Waals surface area contributed by atoms with Crippen LogP contribution in [0.15, 0.2) is 30.6 Å². The predicted molar refractivity (Wildman–Crippen MR) is 45.0 cm³/mol. The SMILES string of the molecule is OCCC=Cc1ccncc1. The summed E-state index contributed by atoms with van der Waals surface area (Å²) in [5, 5.41) is 8.48. The molecule has 0 aliphatic heterocycles. The number of hydrogen-bond donors (Lipinski definition) is 1. The highest BCUT2D eigenvalue weighted by molar-refractivity contribution is 5.47. The summed E-state index contributed by atoms with van der Waals surface area (Å²) in [4.78, 5) is 3.89. The van der Waals surface area contributed by atoms with Gasteiger partial charge in [0, 0.05) is 19.0 Å². The van der Waals surface area contributed by atoms with E-state index >= 15 is 0 Å². The van der Waals surface area contributed by atoms with Crippen molar-refractivity contribution < 1.29 is 5.11 Å². The molecule has 0 aliphatic rings. The average Bonchev–Trinajstić information content (AvgIpc) is 2.07. The lowest BCUT2D eigenvalue weighted by Gasteiger charge is -1.89.